The minimum Gasteiger partial charge on any atom is -0.0828 e. The van der Waals surface area contributed by atoms with Crippen LogP contribution in [0.1, 0.15) is 19.3 Å². The number of hydrogen-bond donors (Lipinski definition) is 0. The summed E-state index contributed by atoms with van der Waals surface area (Å²) in [5.74, 6) is 0. The van der Waals surface area contributed by atoms with Crippen molar-refractivity contribution in [2.45, 2.75) is 19.3 Å². The largest absolute Gasteiger partial charge is 0.0828 e. The molecule has 0 heterocycles. The van der Waals surface area contributed by atoms with Gasteiger partial charge in [0.2, 0.25) is 0 Å². The molecule has 0 aliphatic heterocycles. The molecule has 0 aromatic rings. The van der Waals surface area contributed by atoms with Gasteiger partial charge in [0.25, 0.3) is 0 Å². The molecule has 0 unspecified atom stereocenters. The van der Waals surface area contributed by atoms with Crippen molar-refractivity contribution in [3.63, 3.8) is 0 Å². The summed E-state index contributed by atoms with van der Waals surface area (Å²) in [6.07, 6.45) is 3.34. The van der Waals surface area contributed by atoms with Crippen LogP contribution in [-0.2, 0) is 21.1 Å². The zero-order valence-corrected chi connectivity index (χ0v) is 8.98. The van der Waals surface area contributed by atoms with Crippen molar-refractivity contribution in [1.29, 1.82) is 0 Å². The van der Waals surface area contributed by atoms with Crippen LogP contribution in [0.15, 0.2) is 21.2 Å². The average molecular weight is 356 g/mol. The third kappa shape index (κ3) is 1.11. The minimum atomic E-state index is 0. The van der Waals surface area contributed by atoms with Gasteiger partial charge in [-0.15, -0.1) is 0 Å². The molecule has 0 radical (unpaired) electrons. The third-order valence-corrected chi connectivity index (χ3v) is 2.98. The fraction of sp³-hybridized carbons (Fsp3) is 0.429. The summed E-state index contributed by atoms with van der Waals surface area (Å²) < 4.78 is 0. The molecule has 3 heteroatoms. The maximum atomic E-state index is 5.85. The van der Waals surface area contributed by atoms with E-state index >= 15 is 0 Å². The van der Waals surface area contributed by atoms with E-state index in [2.05, 4.69) is 0 Å². The summed E-state index contributed by atoms with van der Waals surface area (Å²) in [5, 5.41) is 1.66. The van der Waals surface area contributed by atoms with Crippen LogP contribution in [0.3, 0.4) is 0 Å². The van der Waals surface area contributed by atoms with Crippen molar-refractivity contribution in [2.24, 2.45) is 0 Å². The average Bonchev–Trinajstić information content (AvgIpc) is 2.37. The molecule has 0 saturated heterocycles. The van der Waals surface area contributed by atoms with E-state index in [-0.39, 0.29) is 21.1 Å². The van der Waals surface area contributed by atoms with Gasteiger partial charge in [-0.25, -0.2) is 0 Å². The van der Waals surface area contributed by atoms with Gasteiger partial charge in [-0.2, -0.15) is 0 Å². The second-order valence-electron chi connectivity index (χ2n) is 2.51. The van der Waals surface area contributed by atoms with Crippen LogP contribution in [-0.4, -0.2) is 0 Å². The molecule has 0 spiro atoms. The molecule has 2 bridgehead atoms. The minimum absolute atomic E-state index is 0. The van der Waals surface area contributed by atoms with Crippen LogP contribution in [0.4, 0.5) is 0 Å². The molecule has 0 amide bonds. The van der Waals surface area contributed by atoms with E-state index < -0.39 is 0 Å². The molecule has 0 atom stereocenters. The van der Waals surface area contributed by atoms with Crippen molar-refractivity contribution in [1.82, 2.24) is 0 Å². The molecular weight excluding hydrogens is 350 g/mol. The molecule has 2 aliphatic rings. The van der Waals surface area contributed by atoms with E-state index in [4.69, 9.17) is 23.2 Å². The first-order valence-corrected chi connectivity index (χ1v) is 3.80. The van der Waals surface area contributed by atoms with Crippen molar-refractivity contribution >= 4 is 23.2 Å². The van der Waals surface area contributed by atoms with Gasteiger partial charge in [0, 0.05) is 21.1 Å². The van der Waals surface area contributed by atoms with E-state index in [9.17, 15) is 0 Å². The Morgan fingerprint density at radius 2 is 1.30 bits per heavy atom. The summed E-state index contributed by atoms with van der Waals surface area (Å²) in [6.45, 7) is 0. The fourth-order valence-electron chi connectivity index (χ4n) is 1.42. The zero-order chi connectivity index (χ0) is 6.43. The number of hydrogen-bond acceptors (Lipinski definition) is 0. The van der Waals surface area contributed by atoms with Crippen LogP contribution in [0.25, 0.3) is 0 Å². The summed E-state index contributed by atoms with van der Waals surface area (Å²) in [6, 6.07) is 0. The molecule has 0 nitrogen and oxygen atoms in total. The SMILES string of the molecule is ClC1=C2CCC(=C1Cl)C2.[Pt]. The molecule has 2 rings (SSSR count). The van der Waals surface area contributed by atoms with E-state index in [1.807, 2.05) is 0 Å². The number of fused-ring (bicyclic) bond motifs is 2. The van der Waals surface area contributed by atoms with Gasteiger partial charge >= 0.3 is 0 Å². The Balaban J connectivity index is 0.000000500. The molecule has 10 heavy (non-hydrogen) atoms. The monoisotopic (exact) mass is 355 g/mol. The Labute approximate surface area is 84.5 Å². The van der Waals surface area contributed by atoms with Gasteiger partial charge in [-0.1, -0.05) is 23.2 Å². The van der Waals surface area contributed by atoms with Crippen LogP contribution in [0, 0.1) is 0 Å². The standard InChI is InChI=1S/C7H6Cl2.Pt/c8-6-4-1-2-5(3-4)7(6)9;/h1-3H2;. The summed E-state index contributed by atoms with van der Waals surface area (Å²) in [7, 11) is 0. The van der Waals surface area contributed by atoms with Gasteiger partial charge in [-0.3, -0.25) is 0 Å². The zero-order valence-electron chi connectivity index (χ0n) is 5.19. The Kier molecular flexibility index (Phi) is 2.66. The molecule has 0 N–H and O–H groups in total. The second-order valence-corrected chi connectivity index (χ2v) is 3.27. The predicted octanol–water partition coefficient (Wildman–Crippen LogP) is 3.17. The molecular formula is C7H6Cl2Pt. The van der Waals surface area contributed by atoms with E-state index in [0.717, 1.165) is 29.3 Å². The summed E-state index contributed by atoms with van der Waals surface area (Å²) >= 11 is 11.7. The normalized spacial score (nSPS) is 22.2. The van der Waals surface area contributed by atoms with Crippen molar-refractivity contribution in [3.8, 4) is 0 Å². The van der Waals surface area contributed by atoms with Crippen LogP contribution in [0.2, 0.25) is 0 Å². The molecule has 1 saturated carbocycles. The van der Waals surface area contributed by atoms with Crippen molar-refractivity contribution in [3.05, 3.63) is 21.2 Å². The van der Waals surface area contributed by atoms with Crippen molar-refractivity contribution < 1.29 is 21.1 Å². The Morgan fingerprint density at radius 1 is 0.900 bits per heavy atom. The third-order valence-electron chi connectivity index (χ3n) is 1.97. The predicted molar refractivity (Wildman–Crippen MR) is 39.6 cm³/mol. The first-order chi connectivity index (χ1) is 4.29. The van der Waals surface area contributed by atoms with E-state index in [1.54, 1.807) is 0 Å². The first-order valence-electron chi connectivity index (χ1n) is 3.04. The molecule has 0 aromatic carbocycles. The van der Waals surface area contributed by atoms with Crippen LogP contribution in [0.5, 0.6) is 0 Å². The summed E-state index contributed by atoms with van der Waals surface area (Å²) in [4.78, 5) is 0. The molecule has 58 valence electrons. The number of halogens is 2. The van der Waals surface area contributed by atoms with E-state index in [1.165, 1.54) is 11.1 Å². The first kappa shape index (κ1) is 8.84. The molecule has 2 aliphatic carbocycles. The second kappa shape index (κ2) is 3.01. The fourth-order valence-corrected chi connectivity index (χ4v) is 2.01. The molecule has 0 aromatic heterocycles. The van der Waals surface area contributed by atoms with Crippen LogP contribution >= 0.6 is 23.2 Å². The van der Waals surface area contributed by atoms with Gasteiger partial charge in [0.1, 0.15) is 0 Å². The maximum absolute atomic E-state index is 5.85. The topological polar surface area (TPSA) is 0 Å². The van der Waals surface area contributed by atoms with Gasteiger partial charge in [-0.05, 0) is 30.4 Å². The van der Waals surface area contributed by atoms with Gasteiger partial charge in [0.15, 0.2) is 0 Å². The number of rotatable bonds is 0. The van der Waals surface area contributed by atoms with Crippen LogP contribution < -0.4 is 0 Å². The van der Waals surface area contributed by atoms with Gasteiger partial charge < -0.3 is 0 Å². The van der Waals surface area contributed by atoms with Crippen molar-refractivity contribution in [2.75, 3.05) is 0 Å². The Bertz CT molecular complexity index is 204. The van der Waals surface area contributed by atoms with Gasteiger partial charge in [0.05, 0.1) is 10.1 Å². The Hall–Kier alpha value is 0.748. The summed E-state index contributed by atoms with van der Waals surface area (Å²) in [5.41, 5.74) is 2.69. The quantitative estimate of drug-likeness (QED) is 0.626. The van der Waals surface area contributed by atoms with E-state index in [0.29, 0.717) is 0 Å². The Morgan fingerprint density at radius 3 is 1.50 bits per heavy atom. The molecule has 1 fully saturated rings. The smallest absolute Gasteiger partial charge is 0.0587 e. The maximum Gasteiger partial charge on any atom is 0.0587 e. The number of allylic oxidation sites excluding steroid dienone is 4.